The second-order valence-electron chi connectivity index (χ2n) is 35.2. The average Bonchev–Trinajstić information content (AvgIpc) is 0.797. The fourth-order valence-corrected chi connectivity index (χ4v) is 17.9. The summed E-state index contributed by atoms with van der Waals surface area (Å²) in [6, 6.07) is 5.42. The molecule has 8 aromatic heterocycles. The van der Waals surface area contributed by atoms with Crippen molar-refractivity contribution in [2.24, 2.45) is 29.4 Å². The molecule has 33 nitrogen and oxygen atoms in total. The predicted molar refractivity (Wildman–Crippen MR) is 505 cm³/mol. The zero-order valence-corrected chi connectivity index (χ0v) is 77.3. The van der Waals surface area contributed by atoms with Gasteiger partial charge in [0.05, 0.1) is 135 Å². The number of likely N-dealkylation sites (tertiary alicyclic amines) is 3. The molecule has 49 heteroatoms. The number of amides is 1. The molecular weight excluding hydrogens is 1880 g/mol. The molecule has 1 aliphatic carbocycles. The Bertz CT molecular complexity index is 5220. The van der Waals surface area contributed by atoms with E-state index in [9.17, 15) is 72.2 Å². The number of nitrogens with two attached hydrogens (primary N) is 1. The molecular formula is C91H136F16N24O9-4. The van der Waals surface area contributed by atoms with Crippen molar-refractivity contribution in [1.82, 2.24) is 74.5 Å². The van der Waals surface area contributed by atoms with Gasteiger partial charge in [0.15, 0.2) is 46.5 Å². The Balaban J connectivity index is 0. The maximum Gasteiger partial charge on any atom is 0.417 e. The molecule has 0 spiro atoms. The number of esters is 1. The highest BCUT2D eigenvalue weighted by atomic mass is 19.4. The van der Waals surface area contributed by atoms with Crippen molar-refractivity contribution in [1.29, 1.82) is 0 Å². The number of carbonyl (C=O) groups is 3. The Hall–Kier alpha value is -11.7. The lowest BCUT2D eigenvalue weighted by Gasteiger charge is -2.36. The third-order valence-corrected chi connectivity index (χ3v) is 26.4. The van der Waals surface area contributed by atoms with E-state index in [0.717, 1.165) is 127 Å². The molecule has 0 bridgehead atoms. The first-order valence-electron chi connectivity index (χ1n) is 46.2. The lowest BCUT2D eigenvalue weighted by atomic mass is 9.89. The number of pyridine rings is 4. The number of anilines is 8. The van der Waals surface area contributed by atoms with Crippen molar-refractivity contribution in [3.05, 3.63) is 167 Å². The molecule has 16 rings (SSSR count). The first-order valence-corrected chi connectivity index (χ1v) is 46.2. The topological polar surface area (TPSA) is 369 Å². The number of piperidine rings is 3. The Morgan fingerprint density at radius 2 is 0.636 bits per heavy atom. The van der Waals surface area contributed by atoms with Crippen LogP contribution in [0.15, 0.2) is 98.6 Å². The molecule has 7 aliphatic heterocycles. The maximum atomic E-state index is 15.5. The summed E-state index contributed by atoms with van der Waals surface area (Å²) in [6.45, 7) is 14.6. The molecule has 0 radical (unpaired) electrons. The molecule has 8 aliphatic rings. The van der Waals surface area contributed by atoms with Gasteiger partial charge in [-0.1, -0.05) is 19.3 Å². The number of aromatic nitrogens is 12. The van der Waals surface area contributed by atoms with Crippen molar-refractivity contribution in [3.63, 3.8) is 0 Å². The number of halogens is 16. The van der Waals surface area contributed by atoms with Gasteiger partial charge in [0.25, 0.3) is 0 Å². The van der Waals surface area contributed by atoms with Gasteiger partial charge in [-0.15, -0.1) is 0 Å². The van der Waals surface area contributed by atoms with E-state index in [1.165, 1.54) is 75.9 Å². The summed E-state index contributed by atoms with van der Waals surface area (Å²) < 4.78 is 243. The molecule has 15 heterocycles. The molecule has 7 atom stereocenters. The number of alkyl halides is 12. The first-order chi connectivity index (χ1) is 66.9. The van der Waals surface area contributed by atoms with Gasteiger partial charge in [0.2, 0.25) is 29.2 Å². The Morgan fingerprint density at radius 1 is 0.386 bits per heavy atom. The molecule has 7 N–H and O–H groups in total. The molecule has 1 amide bonds. The van der Waals surface area contributed by atoms with Crippen LogP contribution in [-0.4, -0.2) is 267 Å². The van der Waals surface area contributed by atoms with Gasteiger partial charge >= 0.3 is 36.6 Å². The smallest absolute Gasteiger partial charge is 0.417 e. The quantitative estimate of drug-likeness (QED) is 0.0217. The van der Waals surface area contributed by atoms with E-state index in [-0.39, 0.29) is 154 Å². The Labute approximate surface area is 817 Å². The van der Waals surface area contributed by atoms with E-state index in [2.05, 4.69) is 86.0 Å². The van der Waals surface area contributed by atoms with Gasteiger partial charge in [-0.2, -0.15) is 70.2 Å². The second-order valence-corrected chi connectivity index (χ2v) is 35.2. The van der Waals surface area contributed by atoms with E-state index < -0.39 is 106 Å². The predicted octanol–water partition coefficient (Wildman–Crippen LogP) is 16.6. The number of carboxylic acids is 1. The van der Waals surface area contributed by atoms with Gasteiger partial charge in [0, 0.05) is 91.4 Å². The normalized spacial score (nSPS) is 20.7. The minimum absolute atomic E-state index is 0. The van der Waals surface area contributed by atoms with Crippen molar-refractivity contribution in [2.45, 2.75) is 158 Å². The van der Waals surface area contributed by atoms with Crippen LogP contribution in [0.2, 0.25) is 0 Å². The number of carbonyl (C=O) groups excluding carboxylic acids is 2. The van der Waals surface area contributed by atoms with Gasteiger partial charge in [-0.05, 0) is 184 Å². The van der Waals surface area contributed by atoms with Crippen molar-refractivity contribution in [3.8, 4) is 0 Å². The zero-order valence-electron chi connectivity index (χ0n) is 81.3. The van der Waals surface area contributed by atoms with Crippen LogP contribution in [0.3, 0.4) is 0 Å². The molecule has 8 fully saturated rings. The summed E-state index contributed by atoms with van der Waals surface area (Å²) in [5.74, 6) is -2.24. The van der Waals surface area contributed by atoms with Crippen LogP contribution in [0.25, 0.3) is 0 Å². The van der Waals surface area contributed by atoms with Crippen molar-refractivity contribution < 1.29 is 133 Å². The summed E-state index contributed by atoms with van der Waals surface area (Å²) in [4.78, 5) is 95.6. The van der Waals surface area contributed by atoms with E-state index in [4.69, 9.17) is 29.4 Å². The van der Waals surface area contributed by atoms with Gasteiger partial charge in [0.1, 0.15) is 37.4 Å². The van der Waals surface area contributed by atoms with Crippen LogP contribution >= 0.6 is 0 Å². The number of nitrogens with one attached hydrogen (secondary N) is 4. The third-order valence-electron chi connectivity index (χ3n) is 26.4. The molecule has 140 heavy (non-hydrogen) atoms. The number of hydrogen-bond acceptors (Lipinski definition) is 31. The molecule has 8 aromatic rings. The number of morpholine rings is 4. The van der Waals surface area contributed by atoms with Crippen LogP contribution < -0.4 is 46.6 Å². The van der Waals surface area contributed by atoms with E-state index >= 15 is 17.6 Å². The van der Waals surface area contributed by atoms with Gasteiger partial charge in [-0.3, -0.25) is 49.0 Å². The Kier molecular flexibility index (Phi) is 36.4. The van der Waals surface area contributed by atoms with Gasteiger partial charge < -0.3 is 81.1 Å². The monoisotopic (exact) mass is 2010 g/mol. The van der Waals surface area contributed by atoms with Crippen LogP contribution in [0, 0.1) is 46.9 Å². The van der Waals surface area contributed by atoms with E-state index in [0.29, 0.717) is 101 Å². The number of hydrogen-bond donors (Lipinski definition) is 6. The second kappa shape index (κ2) is 48.2. The summed E-state index contributed by atoms with van der Waals surface area (Å²) in [5, 5.41) is 21.5. The highest BCUT2D eigenvalue weighted by Crippen LogP contribution is 2.41. The molecule has 7 saturated heterocycles. The lowest BCUT2D eigenvalue weighted by Crippen LogP contribution is -2.47. The van der Waals surface area contributed by atoms with E-state index in [1.807, 2.05) is 16.7 Å². The van der Waals surface area contributed by atoms with Crippen LogP contribution in [0.1, 0.15) is 181 Å². The number of carboxylic acid groups (broad SMARTS) is 1. The summed E-state index contributed by atoms with van der Waals surface area (Å²) in [7, 11) is 1.37. The maximum absolute atomic E-state index is 15.5. The average molecular weight is 2010 g/mol. The SMILES string of the molecule is CC(C(=O)O)N1CCC(CNc2ncnc(N3CCOC[C@@H]3c3ccc(C(F)(F)F)cn3)c2F)CC1.CC(C(N)=O)N1CCC(CNc2ncnc(N3CCOC[C@@H]3c3ccc(C(F)(F)F)cn3)c2F)CC1.COC(=O)C(C)N1CCC(CNc2ncnc(N3CCOC[C@@H]3c3ccc(C(F)(F)F)cn3)c2F)CC1.Fc1c(NCC2CCCCC2)ncnc1N1CCOC[C@@H]1c1ccc(C(F)(F)F)cn1.[H-].[H-].[H-].[H-].[HH].[HH].[HH].[HH].[HH].[HH].[HH].[HH].[HH].[HH]. The van der Waals surface area contributed by atoms with Crippen molar-refractivity contribution >= 4 is 64.4 Å². The molecule has 790 valence electrons. The molecule has 0 aromatic carbocycles. The van der Waals surface area contributed by atoms with Crippen LogP contribution in [-0.2, 0) is 62.8 Å². The standard InChI is InChI=1S/C24H30F4N6O3.C23H29F4N7O2.C23H28F4N6O3.C21H25F4N5O.10H2.4H/c1-15(23(35)36-2)33-7-5-16(6-8-33)11-30-21-20(25)22(32-14-31-21)34-9-10-37-13-19(34)18-4-3-17(12-29-18)24(26,27)28;1-14(20(28)35)33-6-4-15(5-7-33)10-30-21-19(24)22(32-13-31-21)34-8-9-36-12-18(34)17-3-2-16(11-29-17)23(25,26)27;1-14(22(34)35)32-6-4-15(5-7-32)10-29-20-19(24)21(31-13-30-20)33-8-9-36-12-18(33)17-3-2-16(11-28-17)23(25,26)27;22-18-19(27-10-14-4-2-1-3-5-14)28-13-29-20(18)30-8-9-31-12-17(30)16-7-6-15(11-26-16)21(23,24)25;;;;;;;;;;;;;;/h3-4,12,14-16,19H,5-11,13H2,1-2H3,(H,30,31,32);2-3,11,13-15,18H,4-10,12H2,1H3,(H2,28,35)(H,30,31,32);2-3,11,13-15,18H,4-10,12H2,1H3,(H,34,35)(H,29,30,31);6-7,11,13-14,17H,1-5,8-10,12H2,(H,27,28,29);10*1H;;;;/q;;;;;;;;;;;;;;4*-1/t15?,19-;2*14?,18-;17-;;;;;;;;;;;;;;/m1111............../s1. The largest absolute Gasteiger partial charge is 1.00 e. The molecule has 3 unspecified atom stereocenters. The fraction of sp³-hybridized carbons (Fsp3) is 0.571. The molecule has 1 saturated carbocycles. The highest BCUT2D eigenvalue weighted by Gasteiger charge is 2.42. The van der Waals surface area contributed by atoms with E-state index in [1.54, 1.807) is 33.4 Å². The lowest BCUT2D eigenvalue weighted by molar-refractivity contribution is -0.147. The van der Waals surface area contributed by atoms with Crippen LogP contribution in [0.5, 0.6) is 0 Å². The zero-order chi connectivity index (χ0) is 100. The number of nitrogens with zero attached hydrogens (tertiary/aromatic N) is 19. The minimum atomic E-state index is -4.50. The number of rotatable bonds is 26. The number of ether oxygens (including phenoxy) is 5. The van der Waals surface area contributed by atoms with Crippen molar-refractivity contribution in [2.75, 3.05) is 192 Å². The minimum Gasteiger partial charge on any atom is -1.00 e. The summed E-state index contributed by atoms with van der Waals surface area (Å²) in [6.07, 6.45) is 0.921. The van der Waals surface area contributed by atoms with Crippen LogP contribution in [0.4, 0.5) is 117 Å². The summed E-state index contributed by atoms with van der Waals surface area (Å²) in [5.41, 5.74) is 3.31. The fourth-order valence-electron chi connectivity index (χ4n) is 17.9. The number of methoxy groups -OCH3 is 1. The first kappa shape index (κ1) is 106. The number of aliphatic carboxylic acids is 1. The summed E-state index contributed by atoms with van der Waals surface area (Å²) >= 11 is 0. The van der Waals surface area contributed by atoms with Gasteiger partial charge in [-0.25, -0.2) is 39.9 Å². The Morgan fingerprint density at radius 3 is 0.864 bits per heavy atom. The number of primary amides is 1. The third kappa shape index (κ3) is 27.6. The highest BCUT2D eigenvalue weighted by molar-refractivity contribution is 5.79.